The molecule has 3 heterocycles. The minimum absolute atomic E-state index is 0.246. The number of halogens is 1. The number of nitrogens with zero attached hydrogens (tertiary/aromatic N) is 5. The van der Waals surface area contributed by atoms with E-state index in [1.807, 2.05) is 92.0 Å². The Labute approximate surface area is 259 Å². The third-order valence-corrected chi connectivity index (χ3v) is 8.16. The third kappa shape index (κ3) is 5.81. The van der Waals surface area contributed by atoms with Crippen LogP contribution in [0.25, 0.3) is 40.1 Å². The van der Waals surface area contributed by atoms with E-state index in [4.69, 9.17) is 19.3 Å². The molecule has 6 aromatic rings. The molecule has 0 saturated heterocycles. The van der Waals surface area contributed by atoms with E-state index < -0.39 is 0 Å². The fourth-order valence-corrected chi connectivity index (χ4v) is 5.98. The number of hydrogen-bond acceptors (Lipinski definition) is 8. The summed E-state index contributed by atoms with van der Waals surface area (Å²) >= 11 is 4.85. The van der Waals surface area contributed by atoms with Crippen LogP contribution in [0.1, 0.15) is 23.9 Å². The van der Waals surface area contributed by atoms with E-state index in [1.165, 1.54) is 15.9 Å². The summed E-state index contributed by atoms with van der Waals surface area (Å²) in [4.78, 5) is 18.5. The first kappa shape index (κ1) is 28.4. The van der Waals surface area contributed by atoms with Crippen LogP contribution in [-0.4, -0.2) is 45.2 Å². The third-order valence-electron chi connectivity index (χ3n) is 6.59. The second kappa shape index (κ2) is 12.2. The molecule has 3 aromatic carbocycles. The summed E-state index contributed by atoms with van der Waals surface area (Å²) in [5, 5.41) is 9.32. The minimum atomic E-state index is -0.246. The second-order valence-corrected chi connectivity index (χ2v) is 11.2. The lowest BCUT2D eigenvalue weighted by Crippen LogP contribution is -2.23. The van der Waals surface area contributed by atoms with Crippen molar-refractivity contribution in [2.24, 2.45) is 0 Å². The highest BCUT2D eigenvalue weighted by Crippen LogP contribution is 2.32. The molecule has 6 rings (SSSR count). The van der Waals surface area contributed by atoms with Crippen molar-refractivity contribution in [2.45, 2.75) is 6.92 Å². The van der Waals surface area contributed by atoms with Crippen molar-refractivity contribution in [2.75, 3.05) is 20.8 Å². The molecule has 3 aromatic heterocycles. The summed E-state index contributed by atoms with van der Waals surface area (Å²) in [5.74, 6) is 2.47. The van der Waals surface area contributed by atoms with Gasteiger partial charge in [-0.15, -0.1) is 5.10 Å². The molecule has 0 radical (unpaired) electrons. The highest BCUT2D eigenvalue weighted by molar-refractivity contribution is 9.10. The zero-order valence-corrected chi connectivity index (χ0v) is 25.9. The lowest BCUT2D eigenvalue weighted by Gasteiger charge is -2.09. The van der Waals surface area contributed by atoms with Crippen LogP contribution >= 0.6 is 27.3 Å². The standard InChI is InChI=1S/C32H26BrN5O4S/c1-4-42-26-13-10-20(16-27(26)41-3)11-15-29-34-32-38(35-29)31(39)28(43-32)18-22-19-37(23-8-6-5-7-9-23)36-30(22)21-12-14-25(40-2)24(33)17-21/h5-19H,4H2,1-3H3/b15-11+,28-18-. The summed E-state index contributed by atoms with van der Waals surface area (Å²) in [6.45, 7) is 2.47. The second-order valence-electron chi connectivity index (χ2n) is 9.32. The number of hydrogen-bond donors (Lipinski definition) is 0. The summed E-state index contributed by atoms with van der Waals surface area (Å²) in [7, 11) is 3.23. The van der Waals surface area contributed by atoms with Gasteiger partial charge in [-0.1, -0.05) is 41.7 Å². The van der Waals surface area contributed by atoms with Gasteiger partial charge in [-0.2, -0.15) is 14.6 Å². The molecule has 0 aliphatic heterocycles. The minimum Gasteiger partial charge on any atom is -0.496 e. The normalized spacial score (nSPS) is 12.0. The van der Waals surface area contributed by atoms with E-state index in [0.29, 0.717) is 33.4 Å². The van der Waals surface area contributed by atoms with Crippen LogP contribution in [0.3, 0.4) is 0 Å². The molecule has 0 fully saturated rings. The summed E-state index contributed by atoms with van der Waals surface area (Å²) < 4.78 is 20.9. The maximum absolute atomic E-state index is 13.4. The van der Waals surface area contributed by atoms with Crippen LogP contribution < -0.4 is 24.3 Å². The number of ether oxygens (including phenoxy) is 3. The van der Waals surface area contributed by atoms with Gasteiger partial charge in [0, 0.05) is 17.3 Å². The number of rotatable bonds is 9. The van der Waals surface area contributed by atoms with Crippen molar-refractivity contribution >= 4 is 50.5 Å². The maximum Gasteiger partial charge on any atom is 0.291 e. The first-order chi connectivity index (χ1) is 21.0. The smallest absolute Gasteiger partial charge is 0.291 e. The maximum atomic E-state index is 13.4. The largest absolute Gasteiger partial charge is 0.496 e. The summed E-state index contributed by atoms with van der Waals surface area (Å²) in [6, 6.07) is 21.3. The van der Waals surface area contributed by atoms with Crippen LogP contribution in [0.5, 0.6) is 17.2 Å². The first-order valence-corrected chi connectivity index (χ1v) is 15.0. The van der Waals surface area contributed by atoms with E-state index in [2.05, 4.69) is 26.0 Å². The molecule has 0 bridgehead atoms. The Morgan fingerprint density at radius 3 is 2.44 bits per heavy atom. The van der Waals surface area contributed by atoms with Crippen LogP contribution in [0.4, 0.5) is 0 Å². The van der Waals surface area contributed by atoms with Gasteiger partial charge < -0.3 is 14.2 Å². The van der Waals surface area contributed by atoms with Crippen molar-refractivity contribution in [1.82, 2.24) is 24.4 Å². The van der Waals surface area contributed by atoms with Gasteiger partial charge in [0.25, 0.3) is 5.56 Å². The highest BCUT2D eigenvalue weighted by atomic mass is 79.9. The number of thiazole rings is 1. The molecule has 0 unspecified atom stereocenters. The zero-order valence-electron chi connectivity index (χ0n) is 23.5. The Morgan fingerprint density at radius 1 is 0.930 bits per heavy atom. The van der Waals surface area contributed by atoms with Gasteiger partial charge in [0.05, 0.1) is 35.5 Å². The molecule has 0 saturated carbocycles. The number of para-hydroxylation sites is 1. The summed E-state index contributed by atoms with van der Waals surface area (Å²) in [5.41, 5.74) is 3.93. The quantitative estimate of drug-likeness (QED) is 0.191. The Hall–Kier alpha value is -4.74. The fourth-order valence-electron chi connectivity index (χ4n) is 4.54. The van der Waals surface area contributed by atoms with Gasteiger partial charge in [-0.25, -0.2) is 4.68 Å². The topological polar surface area (TPSA) is 92.8 Å². The van der Waals surface area contributed by atoms with Gasteiger partial charge in [0.1, 0.15) is 11.4 Å². The molecule has 11 heteroatoms. The number of fused-ring (bicyclic) bond motifs is 1. The molecule has 0 aliphatic rings. The molecule has 0 spiro atoms. The predicted molar refractivity (Wildman–Crippen MR) is 172 cm³/mol. The molecule has 216 valence electrons. The van der Waals surface area contributed by atoms with Gasteiger partial charge in [-0.05, 0) is 83.0 Å². The van der Waals surface area contributed by atoms with Crippen molar-refractivity contribution < 1.29 is 14.2 Å². The first-order valence-electron chi connectivity index (χ1n) is 13.4. The Balaban J connectivity index is 1.36. The molecule has 0 aliphatic carbocycles. The SMILES string of the molecule is CCOc1ccc(/C=C/c2nc3s/c(=C\c4cn(-c5ccccc5)nc4-c4ccc(OC)c(Br)c4)c(=O)n3n2)cc1OC. The Bertz CT molecular complexity index is 2070. The van der Waals surface area contributed by atoms with Crippen LogP contribution in [-0.2, 0) is 0 Å². The van der Waals surface area contributed by atoms with Crippen LogP contribution in [0.2, 0.25) is 0 Å². The van der Waals surface area contributed by atoms with Crippen molar-refractivity contribution in [3.8, 4) is 34.2 Å². The van der Waals surface area contributed by atoms with Crippen molar-refractivity contribution in [3.63, 3.8) is 0 Å². The Kier molecular flexibility index (Phi) is 8.08. The molecule has 0 atom stereocenters. The molecular formula is C32H26BrN5O4S. The van der Waals surface area contributed by atoms with E-state index in [9.17, 15) is 4.79 Å². The van der Waals surface area contributed by atoms with Crippen LogP contribution in [0.15, 0.2) is 82.2 Å². The number of methoxy groups -OCH3 is 2. The monoisotopic (exact) mass is 655 g/mol. The lowest BCUT2D eigenvalue weighted by molar-refractivity contribution is 0.311. The molecule has 0 amide bonds. The Morgan fingerprint density at radius 2 is 1.72 bits per heavy atom. The lowest BCUT2D eigenvalue weighted by atomic mass is 10.1. The van der Waals surface area contributed by atoms with Crippen LogP contribution in [0, 0.1) is 0 Å². The van der Waals surface area contributed by atoms with E-state index in [-0.39, 0.29) is 5.56 Å². The fraction of sp³-hybridized carbons (Fsp3) is 0.125. The number of aromatic nitrogens is 5. The van der Waals surface area contributed by atoms with Crippen molar-refractivity contribution in [1.29, 1.82) is 0 Å². The van der Waals surface area contributed by atoms with Gasteiger partial charge in [0.15, 0.2) is 17.3 Å². The molecular weight excluding hydrogens is 630 g/mol. The van der Waals surface area contributed by atoms with E-state index in [1.54, 1.807) is 25.0 Å². The average molecular weight is 657 g/mol. The molecule has 43 heavy (non-hydrogen) atoms. The highest BCUT2D eigenvalue weighted by Gasteiger charge is 2.15. The van der Waals surface area contributed by atoms with E-state index >= 15 is 0 Å². The zero-order chi connectivity index (χ0) is 29.9. The average Bonchev–Trinajstić information content (AvgIpc) is 3.71. The van der Waals surface area contributed by atoms with Gasteiger partial charge in [-0.3, -0.25) is 4.79 Å². The van der Waals surface area contributed by atoms with Crippen molar-refractivity contribution in [3.05, 3.63) is 109 Å². The predicted octanol–water partition coefficient (Wildman–Crippen LogP) is 5.90. The molecule has 0 N–H and O–H groups in total. The molecule has 9 nitrogen and oxygen atoms in total. The van der Waals surface area contributed by atoms with Gasteiger partial charge >= 0.3 is 0 Å². The van der Waals surface area contributed by atoms with Gasteiger partial charge in [0.2, 0.25) is 4.96 Å². The van der Waals surface area contributed by atoms with E-state index in [0.717, 1.165) is 38.3 Å². The summed E-state index contributed by atoms with van der Waals surface area (Å²) in [6.07, 6.45) is 7.38. The number of benzene rings is 3.